The third-order valence-corrected chi connectivity index (χ3v) is 2.53. The number of anilines is 1. The molecule has 2 aromatic carbocycles. The smallest absolute Gasteiger partial charge is 0.146 e. The van der Waals surface area contributed by atoms with E-state index < -0.39 is 5.82 Å². The predicted molar refractivity (Wildman–Crippen MR) is 67.4 cm³/mol. The van der Waals surface area contributed by atoms with E-state index in [1.807, 2.05) is 31.2 Å². The lowest BCUT2D eigenvalue weighted by molar-refractivity contribution is 0.340. The van der Waals surface area contributed by atoms with Crippen LogP contribution in [0.15, 0.2) is 42.5 Å². The summed E-state index contributed by atoms with van der Waals surface area (Å²) < 4.78 is 18.7. The molecule has 2 aromatic rings. The highest BCUT2D eigenvalue weighted by Crippen LogP contribution is 2.28. The van der Waals surface area contributed by atoms with E-state index in [1.54, 1.807) is 12.1 Å². The van der Waals surface area contributed by atoms with Crippen LogP contribution < -0.4 is 10.5 Å². The Morgan fingerprint density at radius 1 is 1.12 bits per heavy atom. The van der Waals surface area contributed by atoms with Crippen LogP contribution in [-0.4, -0.2) is 6.61 Å². The Labute approximate surface area is 99.8 Å². The molecule has 0 bridgehead atoms. The lowest BCUT2D eigenvalue weighted by Gasteiger charge is -2.08. The van der Waals surface area contributed by atoms with Crippen molar-refractivity contribution in [3.63, 3.8) is 0 Å². The normalized spacial score (nSPS) is 10.2. The van der Waals surface area contributed by atoms with E-state index in [0.29, 0.717) is 12.2 Å². The van der Waals surface area contributed by atoms with Gasteiger partial charge < -0.3 is 10.5 Å². The fourth-order valence-electron chi connectivity index (χ4n) is 1.69. The van der Waals surface area contributed by atoms with Crippen molar-refractivity contribution in [1.29, 1.82) is 0 Å². The second kappa shape index (κ2) is 4.87. The summed E-state index contributed by atoms with van der Waals surface area (Å²) in [5, 5.41) is 0. The molecule has 88 valence electrons. The van der Waals surface area contributed by atoms with Crippen molar-refractivity contribution in [2.24, 2.45) is 0 Å². The number of halogens is 1. The van der Waals surface area contributed by atoms with Crippen LogP contribution in [0.25, 0.3) is 11.1 Å². The highest BCUT2D eigenvalue weighted by Gasteiger charge is 2.06. The fraction of sp³-hybridized carbons (Fsp3) is 0.143. The summed E-state index contributed by atoms with van der Waals surface area (Å²) in [6, 6.07) is 12.2. The van der Waals surface area contributed by atoms with Crippen LogP contribution in [0.3, 0.4) is 0 Å². The molecule has 0 radical (unpaired) electrons. The van der Waals surface area contributed by atoms with Gasteiger partial charge in [-0.1, -0.05) is 24.3 Å². The Morgan fingerprint density at radius 3 is 2.47 bits per heavy atom. The van der Waals surface area contributed by atoms with Gasteiger partial charge in [-0.15, -0.1) is 0 Å². The molecular formula is C14H14FNO. The van der Waals surface area contributed by atoms with Crippen LogP contribution in [0.4, 0.5) is 10.1 Å². The van der Waals surface area contributed by atoms with Crippen molar-refractivity contribution in [2.75, 3.05) is 12.3 Å². The summed E-state index contributed by atoms with van der Waals surface area (Å²) in [6.07, 6.45) is 0. The van der Waals surface area contributed by atoms with Gasteiger partial charge in [0, 0.05) is 5.56 Å². The fourth-order valence-corrected chi connectivity index (χ4v) is 1.69. The van der Waals surface area contributed by atoms with Gasteiger partial charge >= 0.3 is 0 Å². The zero-order valence-corrected chi connectivity index (χ0v) is 9.61. The Morgan fingerprint density at radius 2 is 1.82 bits per heavy atom. The van der Waals surface area contributed by atoms with Crippen molar-refractivity contribution in [3.05, 3.63) is 48.3 Å². The van der Waals surface area contributed by atoms with E-state index >= 15 is 0 Å². The molecule has 0 aliphatic rings. The van der Waals surface area contributed by atoms with Gasteiger partial charge in [-0.05, 0) is 30.7 Å². The summed E-state index contributed by atoms with van der Waals surface area (Å²) in [5.41, 5.74) is 7.46. The third kappa shape index (κ3) is 2.38. The quantitative estimate of drug-likeness (QED) is 0.821. The standard InChI is InChI=1S/C14H14FNO/c1-2-17-11-8-6-10(7-9-11)12-4-3-5-13(15)14(12)16/h3-9H,2,16H2,1H3. The molecule has 0 atom stereocenters. The number of ether oxygens (including phenoxy) is 1. The van der Waals surface area contributed by atoms with Crippen LogP contribution in [-0.2, 0) is 0 Å². The monoisotopic (exact) mass is 231 g/mol. The van der Waals surface area contributed by atoms with Crippen LogP contribution >= 0.6 is 0 Å². The number of rotatable bonds is 3. The average Bonchev–Trinajstić information content (AvgIpc) is 2.34. The highest BCUT2D eigenvalue weighted by atomic mass is 19.1. The molecule has 0 saturated carbocycles. The van der Waals surface area contributed by atoms with Crippen LogP contribution in [0, 0.1) is 5.82 Å². The number of nitrogen functional groups attached to an aromatic ring is 1. The number of hydrogen-bond donors (Lipinski definition) is 1. The number of para-hydroxylation sites is 1. The van der Waals surface area contributed by atoms with E-state index in [0.717, 1.165) is 11.3 Å². The Hall–Kier alpha value is -2.03. The maximum Gasteiger partial charge on any atom is 0.146 e. The Balaban J connectivity index is 2.36. The van der Waals surface area contributed by atoms with Gasteiger partial charge in [-0.2, -0.15) is 0 Å². The van der Waals surface area contributed by atoms with Crippen LogP contribution in [0.5, 0.6) is 5.75 Å². The molecule has 0 heterocycles. The van der Waals surface area contributed by atoms with Crippen LogP contribution in [0.1, 0.15) is 6.92 Å². The zero-order valence-electron chi connectivity index (χ0n) is 9.61. The number of benzene rings is 2. The average molecular weight is 231 g/mol. The molecule has 2 rings (SSSR count). The minimum atomic E-state index is -0.392. The Bertz CT molecular complexity index is 508. The van der Waals surface area contributed by atoms with Crippen molar-refractivity contribution in [3.8, 4) is 16.9 Å². The molecule has 0 amide bonds. The molecular weight excluding hydrogens is 217 g/mol. The van der Waals surface area contributed by atoms with Gasteiger partial charge in [0.25, 0.3) is 0 Å². The second-order valence-electron chi connectivity index (χ2n) is 3.66. The van der Waals surface area contributed by atoms with E-state index in [1.165, 1.54) is 6.07 Å². The molecule has 0 saturated heterocycles. The lowest BCUT2D eigenvalue weighted by Crippen LogP contribution is -1.94. The van der Waals surface area contributed by atoms with Crippen molar-refractivity contribution in [1.82, 2.24) is 0 Å². The molecule has 0 spiro atoms. The van der Waals surface area contributed by atoms with Gasteiger partial charge in [0.1, 0.15) is 11.6 Å². The van der Waals surface area contributed by atoms with Gasteiger partial charge in [-0.25, -0.2) is 4.39 Å². The molecule has 2 N–H and O–H groups in total. The predicted octanol–water partition coefficient (Wildman–Crippen LogP) is 3.47. The molecule has 17 heavy (non-hydrogen) atoms. The van der Waals surface area contributed by atoms with Crippen molar-refractivity contribution < 1.29 is 9.13 Å². The van der Waals surface area contributed by atoms with E-state index in [4.69, 9.17) is 10.5 Å². The second-order valence-corrected chi connectivity index (χ2v) is 3.66. The topological polar surface area (TPSA) is 35.2 Å². The lowest BCUT2D eigenvalue weighted by atomic mass is 10.0. The minimum absolute atomic E-state index is 0.177. The summed E-state index contributed by atoms with van der Waals surface area (Å²) in [4.78, 5) is 0. The van der Waals surface area contributed by atoms with Gasteiger partial charge in [0.15, 0.2) is 0 Å². The van der Waals surface area contributed by atoms with Crippen molar-refractivity contribution in [2.45, 2.75) is 6.92 Å². The van der Waals surface area contributed by atoms with E-state index in [9.17, 15) is 4.39 Å². The first-order valence-corrected chi connectivity index (χ1v) is 5.49. The first kappa shape index (κ1) is 11.5. The van der Waals surface area contributed by atoms with Gasteiger partial charge in [0.2, 0.25) is 0 Å². The Kier molecular flexibility index (Phi) is 3.28. The number of hydrogen-bond acceptors (Lipinski definition) is 2. The third-order valence-electron chi connectivity index (χ3n) is 2.53. The molecule has 2 nitrogen and oxygen atoms in total. The largest absolute Gasteiger partial charge is 0.494 e. The minimum Gasteiger partial charge on any atom is -0.494 e. The molecule has 0 aliphatic heterocycles. The molecule has 3 heteroatoms. The van der Waals surface area contributed by atoms with Gasteiger partial charge in [-0.3, -0.25) is 0 Å². The zero-order chi connectivity index (χ0) is 12.3. The van der Waals surface area contributed by atoms with Crippen LogP contribution in [0.2, 0.25) is 0 Å². The van der Waals surface area contributed by atoms with Gasteiger partial charge in [0.05, 0.1) is 12.3 Å². The maximum atomic E-state index is 13.3. The van der Waals surface area contributed by atoms with E-state index in [-0.39, 0.29) is 5.69 Å². The summed E-state index contributed by atoms with van der Waals surface area (Å²) in [6.45, 7) is 2.56. The molecule has 0 aliphatic carbocycles. The highest BCUT2D eigenvalue weighted by molar-refractivity contribution is 5.76. The first-order chi connectivity index (χ1) is 8.22. The molecule has 0 fully saturated rings. The molecule has 0 unspecified atom stereocenters. The van der Waals surface area contributed by atoms with Crippen molar-refractivity contribution >= 4 is 5.69 Å². The summed E-state index contributed by atoms with van der Waals surface area (Å²) >= 11 is 0. The first-order valence-electron chi connectivity index (χ1n) is 5.49. The summed E-state index contributed by atoms with van der Waals surface area (Å²) in [7, 11) is 0. The SMILES string of the molecule is CCOc1ccc(-c2cccc(F)c2N)cc1. The maximum absolute atomic E-state index is 13.3. The van der Waals surface area contributed by atoms with E-state index in [2.05, 4.69) is 0 Å². The molecule has 0 aromatic heterocycles. The number of nitrogens with two attached hydrogens (primary N) is 1. The summed E-state index contributed by atoms with van der Waals surface area (Å²) in [5.74, 6) is 0.405.